The lowest BCUT2D eigenvalue weighted by molar-refractivity contribution is -0.193. The van der Waals surface area contributed by atoms with Crippen molar-refractivity contribution in [3.8, 4) is 11.5 Å². The van der Waals surface area contributed by atoms with E-state index in [4.69, 9.17) is 23.7 Å². The van der Waals surface area contributed by atoms with E-state index < -0.39 is 69.7 Å². The quantitative estimate of drug-likeness (QED) is 0.233. The van der Waals surface area contributed by atoms with Crippen molar-refractivity contribution in [1.29, 1.82) is 0 Å². The lowest BCUT2D eigenvalue weighted by atomic mass is 9.72. The van der Waals surface area contributed by atoms with Crippen molar-refractivity contribution in [3.63, 3.8) is 0 Å². The van der Waals surface area contributed by atoms with Crippen molar-refractivity contribution in [2.45, 2.75) is 63.0 Å². The zero-order valence-electron chi connectivity index (χ0n) is 19.4. The second-order valence-electron chi connectivity index (χ2n) is 8.33. The fraction of sp³-hybridized carbons (Fsp3) is 0.524. The van der Waals surface area contributed by atoms with Gasteiger partial charge in [0.2, 0.25) is 12.7 Å². The Bertz CT molecular complexity index is 1280. The van der Waals surface area contributed by atoms with Crippen LogP contribution in [0, 0.1) is 0 Å². The molecule has 3 aliphatic rings. The summed E-state index contributed by atoms with van der Waals surface area (Å²) in [7, 11) is -6.13. The smallest absolute Gasteiger partial charge is 0.458 e. The molecule has 202 valence electrons. The molecule has 1 fully saturated rings. The van der Waals surface area contributed by atoms with Gasteiger partial charge in [-0.15, -0.1) is 0 Å². The van der Waals surface area contributed by atoms with Crippen molar-refractivity contribution < 1.29 is 63.8 Å². The highest BCUT2D eigenvalue weighted by atomic mass is 32.2. The molecule has 0 aromatic heterocycles. The molecular weight excluding hydrogens is 531 g/mol. The lowest BCUT2D eigenvalue weighted by Crippen LogP contribution is -2.56. The number of ether oxygens (including phenoxy) is 5. The number of nitrogens with zero attached hydrogens (tertiary/aromatic N) is 1. The van der Waals surface area contributed by atoms with Gasteiger partial charge >= 0.3 is 33.5 Å². The van der Waals surface area contributed by atoms with E-state index in [0.717, 1.165) is 20.8 Å². The summed E-state index contributed by atoms with van der Waals surface area (Å²) in [6, 6.07) is 1.41. The van der Waals surface area contributed by atoms with E-state index in [9.17, 15) is 36.0 Å². The first-order chi connectivity index (χ1) is 17.2. The minimum atomic E-state index is -6.13. The predicted octanol–water partition coefficient (Wildman–Crippen LogP) is 1.69. The minimum Gasteiger partial charge on any atom is -0.458 e. The van der Waals surface area contributed by atoms with Crippen LogP contribution in [0.4, 0.5) is 13.2 Å². The molecule has 4 rings (SSSR count). The third kappa shape index (κ3) is 5.14. The van der Waals surface area contributed by atoms with Crippen molar-refractivity contribution >= 4 is 33.9 Å². The number of rotatable bonds is 4. The highest BCUT2D eigenvalue weighted by Gasteiger charge is 2.55. The molecule has 16 heteroatoms. The number of aliphatic imine (C=N–C) groups is 1. The van der Waals surface area contributed by atoms with E-state index >= 15 is 0 Å². The Morgan fingerprint density at radius 2 is 1.51 bits per heavy atom. The summed E-state index contributed by atoms with van der Waals surface area (Å²) in [6.07, 6.45) is -4.14. The zero-order valence-corrected chi connectivity index (χ0v) is 20.3. The summed E-state index contributed by atoms with van der Waals surface area (Å²) in [5, 5.41) is 0. The molecule has 1 aromatic rings. The van der Waals surface area contributed by atoms with Crippen LogP contribution in [0.3, 0.4) is 0 Å². The molecule has 37 heavy (non-hydrogen) atoms. The topological polar surface area (TPSA) is 153 Å². The Balaban J connectivity index is 1.89. The SMILES string of the molecule is CC(=O)O[C@@H]1[C@@H](OC(C)=O)[C@@H](OC(C)=O)C[C@@H]2N=C(OS(=O)(=O)C(F)(F)F)c3cc4c(cc3[C@@H]12)OCO4. The Hall–Kier alpha value is -3.56. The molecule has 0 saturated heterocycles. The number of hydrogen-bond donors (Lipinski definition) is 0. The van der Waals surface area contributed by atoms with Crippen LogP contribution >= 0.6 is 0 Å². The highest BCUT2D eigenvalue weighted by molar-refractivity contribution is 7.88. The third-order valence-corrected chi connectivity index (χ3v) is 6.69. The minimum absolute atomic E-state index is 0.0760. The fourth-order valence-electron chi connectivity index (χ4n) is 4.52. The average Bonchev–Trinajstić information content (AvgIpc) is 3.20. The van der Waals surface area contributed by atoms with E-state index in [1.807, 2.05) is 0 Å². The molecule has 2 heterocycles. The molecule has 1 saturated carbocycles. The van der Waals surface area contributed by atoms with E-state index in [2.05, 4.69) is 9.18 Å². The lowest BCUT2D eigenvalue weighted by Gasteiger charge is -2.45. The number of alkyl halides is 3. The fourth-order valence-corrected chi connectivity index (χ4v) is 4.96. The first-order valence-electron chi connectivity index (χ1n) is 10.7. The van der Waals surface area contributed by atoms with Gasteiger partial charge < -0.3 is 27.9 Å². The van der Waals surface area contributed by atoms with Gasteiger partial charge in [0.15, 0.2) is 23.7 Å². The molecule has 0 bridgehead atoms. The number of carbonyl (C=O) groups excluding carboxylic acids is 3. The Morgan fingerprint density at radius 1 is 0.946 bits per heavy atom. The predicted molar refractivity (Wildman–Crippen MR) is 113 cm³/mol. The molecule has 12 nitrogen and oxygen atoms in total. The average molecular weight is 551 g/mol. The van der Waals surface area contributed by atoms with E-state index in [1.165, 1.54) is 12.1 Å². The number of fused-ring (bicyclic) bond motifs is 4. The van der Waals surface area contributed by atoms with Gasteiger partial charge in [0.1, 0.15) is 6.10 Å². The van der Waals surface area contributed by atoms with Crippen LogP contribution in [0.5, 0.6) is 11.5 Å². The van der Waals surface area contributed by atoms with Crippen LogP contribution in [-0.4, -0.2) is 68.9 Å². The third-order valence-electron chi connectivity index (χ3n) is 5.74. The summed E-state index contributed by atoms with van der Waals surface area (Å²) in [4.78, 5) is 39.8. The molecular formula is C21H20F3NO11S. The van der Waals surface area contributed by atoms with Gasteiger partial charge in [-0.3, -0.25) is 14.4 Å². The second-order valence-corrected chi connectivity index (χ2v) is 9.87. The van der Waals surface area contributed by atoms with Gasteiger partial charge in [-0.25, -0.2) is 4.99 Å². The van der Waals surface area contributed by atoms with Crippen LogP contribution in [-0.2, 0) is 42.9 Å². The Morgan fingerprint density at radius 3 is 2.08 bits per heavy atom. The number of hydrogen-bond acceptors (Lipinski definition) is 12. The Kier molecular flexibility index (Phi) is 6.73. The molecule has 2 aliphatic heterocycles. The maximum atomic E-state index is 13.1. The van der Waals surface area contributed by atoms with Gasteiger partial charge in [0.05, 0.1) is 6.04 Å². The first kappa shape index (κ1) is 26.5. The number of halogens is 3. The number of carbonyl (C=O) groups is 3. The summed E-state index contributed by atoms with van der Waals surface area (Å²) < 4.78 is 94.1. The summed E-state index contributed by atoms with van der Waals surface area (Å²) in [5.41, 5.74) is -5.83. The van der Waals surface area contributed by atoms with E-state index in [0.29, 0.717) is 0 Å². The van der Waals surface area contributed by atoms with Gasteiger partial charge in [0, 0.05) is 38.7 Å². The summed E-state index contributed by atoms with van der Waals surface area (Å²) >= 11 is 0. The van der Waals surface area contributed by atoms with Crippen LogP contribution < -0.4 is 9.47 Å². The van der Waals surface area contributed by atoms with Crippen molar-refractivity contribution in [1.82, 2.24) is 0 Å². The molecule has 0 N–H and O–H groups in total. The number of benzene rings is 1. The van der Waals surface area contributed by atoms with Crippen LogP contribution in [0.1, 0.15) is 44.2 Å². The molecule has 0 unspecified atom stereocenters. The molecule has 0 spiro atoms. The van der Waals surface area contributed by atoms with Gasteiger partial charge in [-0.2, -0.15) is 21.6 Å². The molecule has 1 aliphatic carbocycles. The summed E-state index contributed by atoms with van der Waals surface area (Å²) in [5.74, 6) is -4.04. The largest absolute Gasteiger partial charge is 0.534 e. The van der Waals surface area contributed by atoms with Crippen molar-refractivity contribution in [3.05, 3.63) is 23.3 Å². The molecule has 5 atom stereocenters. The number of esters is 3. The zero-order chi connectivity index (χ0) is 27.3. The molecule has 1 aromatic carbocycles. The van der Waals surface area contributed by atoms with Gasteiger partial charge in [-0.1, -0.05) is 0 Å². The van der Waals surface area contributed by atoms with E-state index in [-0.39, 0.29) is 35.8 Å². The molecule has 0 radical (unpaired) electrons. The molecule has 0 amide bonds. The van der Waals surface area contributed by atoms with E-state index in [1.54, 1.807) is 0 Å². The van der Waals surface area contributed by atoms with Gasteiger partial charge in [0.25, 0.3) is 0 Å². The summed E-state index contributed by atoms with van der Waals surface area (Å²) in [6.45, 7) is 3.01. The van der Waals surface area contributed by atoms with Crippen LogP contribution in [0.25, 0.3) is 0 Å². The first-order valence-corrected chi connectivity index (χ1v) is 12.1. The van der Waals surface area contributed by atoms with Crippen LogP contribution in [0.15, 0.2) is 17.1 Å². The maximum Gasteiger partial charge on any atom is 0.534 e. The van der Waals surface area contributed by atoms with Gasteiger partial charge in [-0.05, 0) is 17.7 Å². The monoisotopic (exact) mass is 551 g/mol. The Labute approximate surface area is 207 Å². The normalized spacial score (nSPS) is 26.2. The highest BCUT2D eigenvalue weighted by Crippen LogP contribution is 2.48. The van der Waals surface area contributed by atoms with Crippen molar-refractivity contribution in [2.75, 3.05) is 6.79 Å². The second kappa shape index (κ2) is 9.39. The maximum absolute atomic E-state index is 13.1. The van der Waals surface area contributed by atoms with Crippen LogP contribution in [0.2, 0.25) is 0 Å². The standard InChI is InChI=1S/C21H20F3NO11S/c1-8(26)33-16-6-13-17(19(35-10(3)28)18(16)34-9(2)27)11-4-14-15(32-7-31-14)5-12(11)20(25-13)36-37(29,30)21(22,23)24/h4-5,13,16-19H,6-7H2,1-3H3/t13-,16-,17+,18-,19-/m0/s1. The van der Waals surface area contributed by atoms with Crippen molar-refractivity contribution in [2.24, 2.45) is 4.99 Å².